The van der Waals surface area contributed by atoms with Crippen molar-refractivity contribution in [3.05, 3.63) is 81.5 Å². The van der Waals surface area contributed by atoms with E-state index < -0.39 is 5.97 Å². The third-order valence-electron chi connectivity index (χ3n) is 4.04. The molecule has 0 aliphatic heterocycles. The number of nitrogens with one attached hydrogen (secondary N) is 2. The summed E-state index contributed by atoms with van der Waals surface area (Å²) in [6, 6.07) is 16.7. The van der Waals surface area contributed by atoms with Gasteiger partial charge in [-0.3, -0.25) is 14.4 Å². The summed E-state index contributed by atoms with van der Waals surface area (Å²) >= 11 is 7.15. The van der Waals surface area contributed by atoms with Crippen LogP contribution in [-0.2, 0) is 4.79 Å². The topological polar surface area (TPSA) is 84.5 Å². The fraction of sp³-hybridized carbons (Fsp3) is 0.136. The lowest BCUT2D eigenvalue weighted by molar-refractivity contribution is -0.134. The first kappa shape index (κ1) is 21.5. The zero-order valence-corrected chi connectivity index (χ0v) is 17.5. The molecule has 1 heterocycles. The van der Waals surface area contributed by atoms with Crippen LogP contribution in [-0.4, -0.2) is 24.3 Å². The van der Waals surface area contributed by atoms with Crippen LogP contribution >= 0.6 is 22.9 Å². The number of ether oxygens (including phenoxy) is 1. The van der Waals surface area contributed by atoms with Crippen LogP contribution in [0.15, 0.2) is 66.0 Å². The summed E-state index contributed by atoms with van der Waals surface area (Å²) in [4.78, 5) is 36.6. The van der Waals surface area contributed by atoms with Crippen molar-refractivity contribution in [2.24, 2.45) is 0 Å². The Balaban J connectivity index is 1.38. The molecule has 154 valence electrons. The van der Waals surface area contributed by atoms with E-state index in [1.54, 1.807) is 54.6 Å². The van der Waals surface area contributed by atoms with Crippen LogP contribution in [0.1, 0.15) is 32.9 Å². The average molecular weight is 443 g/mol. The van der Waals surface area contributed by atoms with Gasteiger partial charge in [0.05, 0.1) is 4.88 Å². The second-order valence-corrected chi connectivity index (χ2v) is 7.68. The minimum Gasteiger partial charge on any atom is -0.427 e. The Labute approximate surface area is 182 Å². The van der Waals surface area contributed by atoms with Crippen molar-refractivity contribution < 1.29 is 19.1 Å². The number of anilines is 1. The number of hydrogen-bond donors (Lipinski definition) is 2. The second-order valence-electron chi connectivity index (χ2n) is 6.30. The lowest BCUT2D eigenvalue weighted by Crippen LogP contribution is -2.25. The molecule has 8 heteroatoms. The molecular formula is C22H19ClN2O4S. The highest BCUT2D eigenvalue weighted by atomic mass is 35.5. The molecule has 0 bridgehead atoms. The third kappa shape index (κ3) is 6.43. The molecule has 0 unspecified atom stereocenters. The molecule has 2 amide bonds. The molecule has 3 rings (SSSR count). The molecule has 3 aromatic rings. The van der Waals surface area contributed by atoms with Crippen LogP contribution in [0, 0.1) is 0 Å². The molecule has 6 nitrogen and oxygen atoms in total. The maximum Gasteiger partial charge on any atom is 0.311 e. The standard InChI is InChI=1S/C22H19ClN2O4S/c23-16-7-5-15(6-8-16)21(27)24-13-1-4-20(26)29-18-11-9-17(10-12-18)25-22(28)19-3-2-14-30-19/h2-3,5-12,14H,1,4,13H2,(H,24,27)(H,25,28). The summed E-state index contributed by atoms with van der Waals surface area (Å²) in [6.07, 6.45) is 0.616. The van der Waals surface area contributed by atoms with Gasteiger partial charge in [0, 0.05) is 29.2 Å². The smallest absolute Gasteiger partial charge is 0.311 e. The van der Waals surface area contributed by atoms with Gasteiger partial charge in [0.15, 0.2) is 0 Å². The predicted molar refractivity (Wildman–Crippen MR) is 117 cm³/mol. The number of amides is 2. The molecule has 0 spiro atoms. The summed E-state index contributed by atoms with van der Waals surface area (Å²) in [5.41, 5.74) is 1.12. The fourth-order valence-electron chi connectivity index (χ4n) is 2.53. The largest absolute Gasteiger partial charge is 0.427 e. The number of esters is 1. The van der Waals surface area contributed by atoms with Gasteiger partial charge < -0.3 is 15.4 Å². The quantitative estimate of drug-likeness (QED) is 0.299. The van der Waals surface area contributed by atoms with Gasteiger partial charge in [-0.25, -0.2) is 0 Å². The first-order valence-electron chi connectivity index (χ1n) is 9.20. The van der Waals surface area contributed by atoms with Gasteiger partial charge in [0.25, 0.3) is 11.8 Å². The Bertz CT molecular complexity index is 1000. The van der Waals surface area contributed by atoms with Crippen molar-refractivity contribution in [2.45, 2.75) is 12.8 Å². The molecule has 2 N–H and O–H groups in total. The van der Waals surface area contributed by atoms with E-state index in [1.165, 1.54) is 11.3 Å². The van der Waals surface area contributed by atoms with E-state index in [0.29, 0.717) is 39.9 Å². The summed E-state index contributed by atoms with van der Waals surface area (Å²) in [6.45, 7) is 0.351. The lowest BCUT2D eigenvalue weighted by atomic mass is 10.2. The van der Waals surface area contributed by atoms with E-state index >= 15 is 0 Å². The highest BCUT2D eigenvalue weighted by molar-refractivity contribution is 7.12. The van der Waals surface area contributed by atoms with Gasteiger partial charge in [-0.05, 0) is 66.4 Å². The van der Waals surface area contributed by atoms with Crippen LogP contribution in [0.4, 0.5) is 5.69 Å². The van der Waals surface area contributed by atoms with Crippen LogP contribution in [0.5, 0.6) is 5.75 Å². The lowest BCUT2D eigenvalue weighted by Gasteiger charge is -2.08. The number of rotatable bonds is 8. The fourth-order valence-corrected chi connectivity index (χ4v) is 3.27. The van der Waals surface area contributed by atoms with Crippen molar-refractivity contribution in [1.82, 2.24) is 5.32 Å². The molecular weight excluding hydrogens is 424 g/mol. The Kier molecular flexibility index (Phi) is 7.59. The van der Waals surface area contributed by atoms with Crippen molar-refractivity contribution >= 4 is 46.4 Å². The summed E-state index contributed by atoms with van der Waals surface area (Å²) in [7, 11) is 0. The molecule has 30 heavy (non-hydrogen) atoms. The van der Waals surface area contributed by atoms with Crippen molar-refractivity contribution in [2.75, 3.05) is 11.9 Å². The maximum atomic E-state index is 12.0. The van der Waals surface area contributed by atoms with Gasteiger partial charge in [0.2, 0.25) is 0 Å². The first-order valence-corrected chi connectivity index (χ1v) is 10.5. The summed E-state index contributed by atoms with van der Waals surface area (Å²) in [5.74, 6) is -0.416. The van der Waals surface area contributed by atoms with Gasteiger partial charge >= 0.3 is 5.97 Å². The molecule has 1 aromatic heterocycles. The normalized spacial score (nSPS) is 10.3. The molecule has 0 aliphatic carbocycles. The molecule has 0 saturated heterocycles. The molecule has 0 saturated carbocycles. The number of carbonyl (C=O) groups excluding carboxylic acids is 3. The van der Waals surface area contributed by atoms with E-state index in [2.05, 4.69) is 10.6 Å². The zero-order chi connectivity index (χ0) is 21.3. The number of carbonyl (C=O) groups is 3. The Morgan fingerprint density at radius 3 is 2.33 bits per heavy atom. The van der Waals surface area contributed by atoms with Crippen molar-refractivity contribution in [3.8, 4) is 5.75 Å². The Hall–Kier alpha value is -3.16. The van der Waals surface area contributed by atoms with Gasteiger partial charge in [-0.1, -0.05) is 17.7 Å². The van der Waals surface area contributed by atoms with Gasteiger partial charge in [-0.15, -0.1) is 11.3 Å². The Morgan fingerprint density at radius 2 is 1.67 bits per heavy atom. The third-order valence-corrected chi connectivity index (χ3v) is 5.16. The van der Waals surface area contributed by atoms with Gasteiger partial charge in [0.1, 0.15) is 5.75 Å². The van der Waals surface area contributed by atoms with Crippen LogP contribution in [0.3, 0.4) is 0 Å². The van der Waals surface area contributed by atoms with Crippen molar-refractivity contribution in [1.29, 1.82) is 0 Å². The van der Waals surface area contributed by atoms with E-state index in [-0.39, 0.29) is 18.2 Å². The SMILES string of the molecule is O=C(CCCNC(=O)c1ccc(Cl)cc1)Oc1ccc(NC(=O)c2cccs2)cc1. The molecule has 2 aromatic carbocycles. The molecule has 0 fully saturated rings. The van der Waals surface area contributed by atoms with E-state index in [0.717, 1.165) is 0 Å². The van der Waals surface area contributed by atoms with Gasteiger partial charge in [-0.2, -0.15) is 0 Å². The highest BCUT2D eigenvalue weighted by Crippen LogP contribution is 2.18. The summed E-state index contributed by atoms with van der Waals surface area (Å²) in [5, 5.41) is 7.92. The van der Waals surface area contributed by atoms with Crippen LogP contribution < -0.4 is 15.4 Å². The highest BCUT2D eigenvalue weighted by Gasteiger charge is 2.09. The maximum absolute atomic E-state index is 12.0. The minimum absolute atomic E-state index is 0.164. The number of benzene rings is 2. The zero-order valence-electron chi connectivity index (χ0n) is 15.9. The number of hydrogen-bond acceptors (Lipinski definition) is 5. The summed E-state index contributed by atoms with van der Waals surface area (Å²) < 4.78 is 5.27. The number of halogens is 1. The van der Waals surface area contributed by atoms with E-state index in [9.17, 15) is 14.4 Å². The molecule has 0 atom stereocenters. The van der Waals surface area contributed by atoms with E-state index in [1.807, 2.05) is 11.4 Å². The molecule has 0 aliphatic rings. The molecule has 0 radical (unpaired) electrons. The Morgan fingerprint density at radius 1 is 0.933 bits per heavy atom. The minimum atomic E-state index is -0.397. The second kappa shape index (κ2) is 10.6. The predicted octanol–water partition coefficient (Wildman–Crippen LogP) is 4.77. The van der Waals surface area contributed by atoms with Crippen LogP contribution in [0.25, 0.3) is 0 Å². The van der Waals surface area contributed by atoms with Crippen molar-refractivity contribution in [3.63, 3.8) is 0 Å². The van der Waals surface area contributed by atoms with E-state index in [4.69, 9.17) is 16.3 Å². The monoisotopic (exact) mass is 442 g/mol. The first-order chi connectivity index (χ1) is 14.5. The average Bonchev–Trinajstić information content (AvgIpc) is 3.28. The number of thiophene rings is 1. The van der Waals surface area contributed by atoms with Crippen LogP contribution in [0.2, 0.25) is 5.02 Å².